The number of methoxy groups -OCH3 is 1. The van der Waals surface area contributed by atoms with Crippen molar-refractivity contribution in [2.75, 3.05) is 12.8 Å². The number of anilines is 1. The quantitative estimate of drug-likeness (QED) is 0.737. The van der Waals surface area contributed by atoms with E-state index in [0.717, 1.165) is 22.3 Å². The third-order valence-corrected chi connectivity index (χ3v) is 3.89. The van der Waals surface area contributed by atoms with E-state index in [0.29, 0.717) is 0 Å². The Morgan fingerprint density at radius 1 is 1.05 bits per heavy atom. The van der Waals surface area contributed by atoms with Gasteiger partial charge in [-0.25, -0.2) is 0 Å². The first-order valence-corrected chi connectivity index (χ1v) is 6.97. The molecule has 106 valence electrons. The Kier molecular flexibility index (Phi) is 3.48. The standard InChI is InChI=1S/C18H18N2O/c1-12(13-3-5-14(19)6-4-13)16-9-10-20-18-11-15(21-2)7-8-17(16)18/h3-12H,19H2,1-2H3. The van der Waals surface area contributed by atoms with Gasteiger partial charge in [0.1, 0.15) is 5.75 Å². The highest BCUT2D eigenvalue weighted by Crippen LogP contribution is 2.31. The summed E-state index contributed by atoms with van der Waals surface area (Å²) in [4.78, 5) is 4.44. The zero-order valence-electron chi connectivity index (χ0n) is 12.2. The van der Waals surface area contributed by atoms with Gasteiger partial charge in [0.05, 0.1) is 12.6 Å². The highest BCUT2D eigenvalue weighted by molar-refractivity contribution is 5.84. The topological polar surface area (TPSA) is 48.1 Å². The van der Waals surface area contributed by atoms with Gasteiger partial charge in [0.15, 0.2) is 0 Å². The Morgan fingerprint density at radius 2 is 1.81 bits per heavy atom. The van der Waals surface area contributed by atoms with Crippen molar-refractivity contribution in [2.45, 2.75) is 12.8 Å². The van der Waals surface area contributed by atoms with E-state index in [4.69, 9.17) is 10.5 Å². The molecule has 3 rings (SSSR count). The molecule has 2 aromatic carbocycles. The molecule has 1 heterocycles. The molecule has 3 heteroatoms. The number of aromatic nitrogens is 1. The lowest BCUT2D eigenvalue weighted by atomic mass is 9.91. The van der Waals surface area contributed by atoms with Gasteiger partial charge >= 0.3 is 0 Å². The fourth-order valence-electron chi connectivity index (χ4n) is 2.62. The lowest BCUT2D eigenvalue weighted by Crippen LogP contribution is -1.98. The predicted molar refractivity (Wildman–Crippen MR) is 86.7 cm³/mol. The van der Waals surface area contributed by atoms with E-state index in [-0.39, 0.29) is 5.92 Å². The zero-order chi connectivity index (χ0) is 14.8. The Labute approximate surface area is 124 Å². The maximum absolute atomic E-state index is 5.76. The summed E-state index contributed by atoms with van der Waals surface area (Å²) in [6.07, 6.45) is 1.85. The molecule has 0 saturated carbocycles. The van der Waals surface area contributed by atoms with Gasteiger partial charge in [-0.2, -0.15) is 0 Å². The number of ether oxygens (including phenoxy) is 1. The molecule has 0 spiro atoms. The molecule has 1 aromatic heterocycles. The summed E-state index contributed by atoms with van der Waals surface area (Å²) in [6.45, 7) is 2.20. The SMILES string of the molecule is COc1ccc2c(C(C)c3ccc(N)cc3)ccnc2c1. The molecule has 3 nitrogen and oxygen atoms in total. The van der Waals surface area contributed by atoms with Crippen LogP contribution >= 0.6 is 0 Å². The molecule has 2 N–H and O–H groups in total. The summed E-state index contributed by atoms with van der Waals surface area (Å²) in [5, 5.41) is 1.16. The second-order valence-electron chi connectivity index (χ2n) is 5.17. The number of pyridine rings is 1. The van der Waals surface area contributed by atoms with Crippen LogP contribution in [0.2, 0.25) is 0 Å². The van der Waals surface area contributed by atoms with Crippen molar-refractivity contribution < 1.29 is 4.74 Å². The van der Waals surface area contributed by atoms with E-state index in [1.807, 2.05) is 30.5 Å². The zero-order valence-corrected chi connectivity index (χ0v) is 12.2. The normalized spacial score (nSPS) is 12.3. The third-order valence-electron chi connectivity index (χ3n) is 3.89. The van der Waals surface area contributed by atoms with Gasteiger partial charge in [0, 0.05) is 29.3 Å². The largest absolute Gasteiger partial charge is 0.497 e. The molecular formula is C18H18N2O. The van der Waals surface area contributed by atoms with E-state index < -0.39 is 0 Å². The molecule has 1 unspecified atom stereocenters. The first-order valence-electron chi connectivity index (χ1n) is 6.97. The van der Waals surface area contributed by atoms with Gasteiger partial charge in [-0.3, -0.25) is 4.98 Å². The third kappa shape index (κ3) is 2.55. The molecule has 0 aliphatic rings. The summed E-state index contributed by atoms with van der Waals surface area (Å²) in [6, 6.07) is 16.1. The second-order valence-corrected chi connectivity index (χ2v) is 5.17. The van der Waals surface area contributed by atoms with Crippen molar-refractivity contribution in [3.8, 4) is 5.75 Å². The van der Waals surface area contributed by atoms with Gasteiger partial charge in [-0.05, 0) is 41.5 Å². The lowest BCUT2D eigenvalue weighted by Gasteiger charge is -2.15. The Morgan fingerprint density at radius 3 is 2.52 bits per heavy atom. The second kappa shape index (κ2) is 5.44. The fraction of sp³-hybridized carbons (Fsp3) is 0.167. The van der Waals surface area contributed by atoms with Crippen molar-refractivity contribution in [3.05, 3.63) is 65.9 Å². The van der Waals surface area contributed by atoms with Crippen molar-refractivity contribution in [1.29, 1.82) is 0 Å². The van der Waals surface area contributed by atoms with E-state index in [9.17, 15) is 0 Å². The average Bonchev–Trinajstić information content (AvgIpc) is 2.53. The van der Waals surface area contributed by atoms with E-state index >= 15 is 0 Å². The van der Waals surface area contributed by atoms with Crippen LogP contribution in [-0.4, -0.2) is 12.1 Å². The minimum atomic E-state index is 0.282. The summed E-state index contributed by atoms with van der Waals surface area (Å²) in [5.41, 5.74) is 10.0. The Bertz CT molecular complexity index is 766. The summed E-state index contributed by atoms with van der Waals surface area (Å²) in [5.74, 6) is 1.11. The van der Waals surface area contributed by atoms with Crippen molar-refractivity contribution in [3.63, 3.8) is 0 Å². The molecule has 3 aromatic rings. The minimum absolute atomic E-state index is 0.282. The Balaban J connectivity index is 2.09. The summed E-state index contributed by atoms with van der Waals surface area (Å²) < 4.78 is 5.27. The van der Waals surface area contributed by atoms with Crippen molar-refractivity contribution in [1.82, 2.24) is 4.98 Å². The fourth-order valence-corrected chi connectivity index (χ4v) is 2.62. The summed E-state index contributed by atoms with van der Waals surface area (Å²) >= 11 is 0. The molecule has 0 radical (unpaired) electrons. The molecule has 1 atom stereocenters. The molecule has 0 bridgehead atoms. The van der Waals surface area contributed by atoms with Crippen LogP contribution in [0.1, 0.15) is 24.0 Å². The number of rotatable bonds is 3. The number of nitrogens with zero attached hydrogens (tertiary/aromatic N) is 1. The van der Waals surface area contributed by atoms with Gasteiger partial charge < -0.3 is 10.5 Å². The highest BCUT2D eigenvalue weighted by Gasteiger charge is 2.12. The molecule has 0 aliphatic carbocycles. The van der Waals surface area contributed by atoms with Crippen LogP contribution in [0.15, 0.2) is 54.7 Å². The summed E-state index contributed by atoms with van der Waals surface area (Å²) in [7, 11) is 1.67. The monoisotopic (exact) mass is 278 g/mol. The van der Waals surface area contributed by atoms with E-state index in [1.165, 1.54) is 11.1 Å². The predicted octanol–water partition coefficient (Wildman–Crippen LogP) is 3.98. The molecule has 0 fully saturated rings. The van der Waals surface area contributed by atoms with E-state index in [1.54, 1.807) is 7.11 Å². The van der Waals surface area contributed by atoms with Crippen molar-refractivity contribution in [2.24, 2.45) is 0 Å². The van der Waals surface area contributed by atoms with Crippen LogP contribution in [0.5, 0.6) is 5.75 Å². The van der Waals surface area contributed by atoms with Gasteiger partial charge in [0.2, 0.25) is 0 Å². The van der Waals surface area contributed by atoms with Crippen LogP contribution in [0.4, 0.5) is 5.69 Å². The maximum Gasteiger partial charge on any atom is 0.121 e. The number of nitrogens with two attached hydrogens (primary N) is 1. The smallest absolute Gasteiger partial charge is 0.121 e. The van der Waals surface area contributed by atoms with Crippen LogP contribution in [0.25, 0.3) is 10.9 Å². The molecule has 0 aliphatic heterocycles. The minimum Gasteiger partial charge on any atom is -0.497 e. The number of hydrogen-bond donors (Lipinski definition) is 1. The lowest BCUT2D eigenvalue weighted by molar-refractivity contribution is 0.415. The van der Waals surface area contributed by atoms with Crippen LogP contribution < -0.4 is 10.5 Å². The maximum atomic E-state index is 5.76. The molecule has 21 heavy (non-hydrogen) atoms. The molecule has 0 amide bonds. The molecule has 0 saturated heterocycles. The Hall–Kier alpha value is -2.55. The first kappa shape index (κ1) is 13.4. The number of hydrogen-bond acceptors (Lipinski definition) is 3. The van der Waals surface area contributed by atoms with Crippen LogP contribution in [0, 0.1) is 0 Å². The van der Waals surface area contributed by atoms with Gasteiger partial charge in [0.25, 0.3) is 0 Å². The van der Waals surface area contributed by atoms with E-state index in [2.05, 4.69) is 36.2 Å². The van der Waals surface area contributed by atoms with Crippen LogP contribution in [-0.2, 0) is 0 Å². The molecular weight excluding hydrogens is 260 g/mol. The number of benzene rings is 2. The van der Waals surface area contributed by atoms with Gasteiger partial charge in [-0.1, -0.05) is 19.1 Å². The highest BCUT2D eigenvalue weighted by atomic mass is 16.5. The number of fused-ring (bicyclic) bond motifs is 1. The number of nitrogen functional groups attached to an aromatic ring is 1. The van der Waals surface area contributed by atoms with Gasteiger partial charge in [-0.15, -0.1) is 0 Å². The average molecular weight is 278 g/mol. The first-order chi connectivity index (χ1) is 10.2. The van der Waals surface area contributed by atoms with Crippen LogP contribution in [0.3, 0.4) is 0 Å². The van der Waals surface area contributed by atoms with Crippen molar-refractivity contribution >= 4 is 16.6 Å².